The van der Waals surface area contributed by atoms with Gasteiger partial charge in [-0.2, -0.15) is 0 Å². The molecule has 1 unspecified atom stereocenters. The van der Waals surface area contributed by atoms with E-state index in [9.17, 15) is 4.79 Å². The minimum Gasteiger partial charge on any atom is -0.480 e. The van der Waals surface area contributed by atoms with Crippen LogP contribution in [0.1, 0.15) is 18.4 Å². The van der Waals surface area contributed by atoms with E-state index in [2.05, 4.69) is 45.4 Å². The molecule has 1 aromatic rings. The maximum atomic E-state index is 11.1. The molecule has 0 bridgehead atoms. The molecule has 5 nitrogen and oxygen atoms in total. The lowest BCUT2D eigenvalue weighted by Gasteiger charge is -2.43. The largest absolute Gasteiger partial charge is 0.480 e. The van der Waals surface area contributed by atoms with Crippen molar-refractivity contribution in [3.8, 4) is 0 Å². The summed E-state index contributed by atoms with van der Waals surface area (Å²) in [5.74, 6) is -0.104. The van der Waals surface area contributed by atoms with Crippen LogP contribution in [0.25, 0.3) is 0 Å². The van der Waals surface area contributed by atoms with E-state index in [1.807, 2.05) is 0 Å². The molecular formula is C18H27N3O2. The predicted octanol–water partition coefficient (Wildman–Crippen LogP) is 1.26. The summed E-state index contributed by atoms with van der Waals surface area (Å²) in [6.45, 7) is 6.09. The van der Waals surface area contributed by atoms with Crippen LogP contribution in [0.2, 0.25) is 0 Å². The number of nitrogens with zero attached hydrogens (tertiary/aromatic N) is 2. The van der Waals surface area contributed by atoms with E-state index < -0.39 is 5.97 Å². The second-order valence-electron chi connectivity index (χ2n) is 6.73. The number of benzene rings is 1. The van der Waals surface area contributed by atoms with Gasteiger partial charge in [-0.1, -0.05) is 30.3 Å². The number of hydrogen-bond acceptors (Lipinski definition) is 4. The summed E-state index contributed by atoms with van der Waals surface area (Å²) in [6, 6.07) is 11.0. The summed E-state index contributed by atoms with van der Waals surface area (Å²) in [5, 5.41) is 12.6. The molecule has 0 aliphatic carbocycles. The van der Waals surface area contributed by atoms with Crippen LogP contribution in [0.15, 0.2) is 30.3 Å². The Morgan fingerprint density at radius 3 is 2.61 bits per heavy atom. The summed E-state index contributed by atoms with van der Waals surface area (Å²) in [5.41, 5.74) is 1.37. The molecule has 0 amide bonds. The molecule has 0 aromatic heterocycles. The lowest BCUT2D eigenvalue weighted by atomic mass is 9.87. The van der Waals surface area contributed by atoms with E-state index in [0.29, 0.717) is 12.0 Å². The number of piperidine rings is 1. The summed E-state index contributed by atoms with van der Waals surface area (Å²) < 4.78 is 0. The van der Waals surface area contributed by atoms with Gasteiger partial charge in [0.2, 0.25) is 0 Å². The summed E-state index contributed by atoms with van der Waals surface area (Å²) >= 11 is 0. The van der Waals surface area contributed by atoms with Gasteiger partial charge >= 0.3 is 5.97 Å². The van der Waals surface area contributed by atoms with Gasteiger partial charge in [-0.15, -0.1) is 0 Å². The van der Waals surface area contributed by atoms with E-state index in [-0.39, 0.29) is 6.54 Å². The van der Waals surface area contributed by atoms with Crippen molar-refractivity contribution >= 4 is 5.97 Å². The molecule has 2 N–H and O–H groups in total. The van der Waals surface area contributed by atoms with Crippen molar-refractivity contribution in [2.24, 2.45) is 5.92 Å². The Bertz CT molecular complexity index is 500. The fourth-order valence-electron chi connectivity index (χ4n) is 3.94. The van der Waals surface area contributed by atoms with Gasteiger partial charge in [0.05, 0.1) is 6.54 Å². The van der Waals surface area contributed by atoms with Crippen molar-refractivity contribution in [3.05, 3.63) is 35.9 Å². The third kappa shape index (κ3) is 4.53. The van der Waals surface area contributed by atoms with Crippen LogP contribution < -0.4 is 5.32 Å². The fourth-order valence-corrected chi connectivity index (χ4v) is 3.94. The number of piperazine rings is 1. The predicted molar refractivity (Wildman–Crippen MR) is 90.3 cm³/mol. The highest BCUT2D eigenvalue weighted by Crippen LogP contribution is 2.26. The van der Waals surface area contributed by atoms with E-state index >= 15 is 0 Å². The van der Waals surface area contributed by atoms with Crippen molar-refractivity contribution < 1.29 is 9.90 Å². The van der Waals surface area contributed by atoms with E-state index in [1.165, 1.54) is 5.56 Å². The Labute approximate surface area is 138 Å². The molecule has 2 heterocycles. The van der Waals surface area contributed by atoms with Gasteiger partial charge in [-0.05, 0) is 37.4 Å². The van der Waals surface area contributed by atoms with Gasteiger partial charge in [-0.3, -0.25) is 14.6 Å². The molecule has 2 aliphatic rings. The monoisotopic (exact) mass is 317 g/mol. The standard InChI is InChI=1S/C18H27N3O2/c22-18(23)14-21-11-8-19-12-17(21)16-6-9-20(10-7-16)13-15-4-2-1-3-5-15/h1-5,16-17,19H,6-14H2,(H,22,23). The van der Waals surface area contributed by atoms with Crippen LogP contribution in [-0.2, 0) is 11.3 Å². The Balaban J connectivity index is 1.52. The van der Waals surface area contributed by atoms with Crippen molar-refractivity contribution in [3.63, 3.8) is 0 Å². The summed E-state index contributed by atoms with van der Waals surface area (Å²) in [6.07, 6.45) is 2.32. The highest BCUT2D eigenvalue weighted by Gasteiger charge is 2.33. The second kappa shape index (κ2) is 7.90. The summed E-state index contributed by atoms with van der Waals surface area (Å²) in [7, 11) is 0. The van der Waals surface area contributed by atoms with Gasteiger partial charge in [0.1, 0.15) is 0 Å². The molecule has 2 saturated heterocycles. The first-order valence-electron chi connectivity index (χ1n) is 8.65. The second-order valence-corrected chi connectivity index (χ2v) is 6.73. The van der Waals surface area contributed by atoms with Crippen LogP contribution in [0.4, 0.5) is 0 Å². The van der Waals surface area contributed by atoms with Crippen LogP contribution in [-0.4, -0.2) is 66.2 Å². The molecule has 0 spiro atoms. The average Bonchev–Trinajstić information content (AvgIpc) is 2.57. The number of likely N-dealkylation sites (tertiary alicyclic amines) is 1. The number of hydrogen-bond donors (Lipinski definition) is 2. The molecule has 5 heteroatoms. The highest BCUT2D eigenvalue weighted by molar-refractivity contribution is 5.69. The molecule has 0 radical (unpaired) electrons. The highest BCUT2D eigenvalue weighted by atomic mass is 16.4. The number of carboxylic acids is 1. The molecule has 2 fully saturated rings. The molecule has 1 aromatic carbocycles. The van der Waals surface area contributed by atoms with Crippen LogP contribution in [0.5, 0.6) is 0 Å². The molecule has 1 atom stereocenters. The Morgan fingerprint density at radius 1 is 1.17 bits per heavy atom. The zero-order valence-corrected chi connectivity index (χ0v) is 13.7. The zero-order chi connectivity index (χ0) is 16.1. The Morgan fingerprint density at radius 2 is 1.91 bits per heavy atom. The number of carbonyl (C=O) groups is 1. The van der Waals surface area contributed by atoms with Crippen molar-refractivity contribution in [2.75, 3.05) is 39.3 Å². The van der Waals surface area contributed by atoms with E-state index in [4.69, 9.17) is 5.11 Å². The third-order valence-corrected chi connectivity index (χ3v) is 5.16. The molecule has 0 saturated carbocycles. The number of nitrogens with one attached hydrogen (secondary N) is 1. The topological polar surface area (TPSA) is 55.8 Å². The lowest BCUT2D eigenvalue weighted by Crippen LogP contribution is -2.57. The molecule has 126 valence electrons. The first kappa shape index (κ1) is 16.4. The van der Waals surface area contributed by atoms with Crippen LogP contribution in [0.3, 0.4) is 0 Å². The number of carboxylic acid groups (broad SMARTS) is 1. The number of aliphatic carboxylic acids is 1. The van der Waals surface area contributed by atoms with Gasteiger partial charge in [0.25, 0.3) is 0 Å². The Hall–Kier alpha value is -1.43. The molecule has 3 rings (SSSR count). The fraction of sp³-hybridized carbons (Fsp3) is 0.611. The Kier molecular flexibility index (Phi) is 5.65. The minimum atomic E-state index is -0.710. The molecule has 2 aliphatic heterocycles. The molecule has 23 heavy (non-hydrogen) atoms. The minimum absolute atomic E-state index is 0.177. The average molecular weight is 317 g/mol. The van der Waals surface area contributed by atoms with Gasteiger partial charge in [0.15, 0.2) is 0 Å². The van der Waals surface area contributed by atoms with Gasteiger partial charge < -0.3 is 10.4 Å². The maximum Gasteiger partial charge on any atom is 0.317 e. The normalized spacial score (nSPS) is 24.6. The third-order valence-electron chi connectivity index (χ3n) is 5.16. The first-order chi connectivity index (χ1) is 11.2. The quantitative estimate of drug-likeness (QED) is 0.856. The van der Waals surface area contributed by atoms with Crippen molar-refractivity contribution in [1.82, 2.24) is 15.1 Å². The van der Waals surface area contributed by atoms with E-state index in [0.717, 1.165) is 52.1 Å². The SMILES string of the molecule is O=C(O)CN1CCNCC1C1CCN(Cc2ccccc2)CC1. The maximum absolute atomic E-state index is 11.1. The van der Waals surface area contributed by atoms with Crippen molar-refractivity contribution in [1.29, 1.82) is 0 Å². The lowest BCUT2D eigenvalue weighted by molar-refractivity contribution is -0.139. The van der Waals surface area contributed by atoms with Gasteiger partial charge in [-0.25, -0.2) is 0 Å². The number of rotatable bonds is 5. The summed E-state index contributed by atoms with van der Waals surface area (Å²) in [4.78, 5) is 15.8. The van der Waals surface area contributed by atoms with Crippen LogP contribution >= 0.6 is 0 Å². The van der Waals surface area contributed by atoms with Gasteiger partial charge in [0, 0.05) is 32.2 Å². The first-order valence-corrected chi connectivity index (χ1v) is 8.65. The van der Waals surface area contributed by atoms with Crippen molar-refractivity contribution in [2.45, 2.75) is 25.4 Å². The van der Waals surface area contributed by atoms with E-state index in [1.54, 1.807) is 0 Å². The zero-order valence-electron chi connectivity index (χ0n) is 13.7. The smallest absolute Gasteiger partial charge is 0.317 e. The molecular weight excluding hydrogens is 290 g/mol. The van der Waals surface area contributed by atoms with Crippen LogP contribution in [0, 0.1) is 5.92 Å².